The molecule has 3 N–H and O–H groups in total. The molecular formula is C25H30ClN3O4. The zero-order chi connectivity index (χ0) is 24.0. The maximum absolute atomic E-state index is 13.2. The summed E-state index contributed by atoms with van der Waals surface area (Å²) in [7, 11) is 0. The van der Waals surface area contributed by atoms with Gasteiger partial charge in [0.2, 0.25) is 11.8 Å². The zero-order valence-electron chi connectivity index (χ0n) is 19.1. The Morgan fingerprint density at radius 1 is 0.970 bits per heavy atom. The van der Waals surface area contributed by atoms with Gasteiger partial charge in [-0.05, 0) is 43.0 Å². The average molecular weight is 472 g/mol. The second-order valence-corrected chi connectivity index (χ2v) is 9.20. The predicted octanol–water partition coefficient (Wildman–Crippen LogP) is 3.11. The Labute approximate surface area is 199 Å². The maximum Gasteiger partial charge on any atom is 0.255 e. The van der Waals surface area contributed by atoms with Gasteiger partial charge in [-0.15, -0.1) is 0 Å². The van der Waals surface area contributed by atoms with Crippen molar-refractivity contribution in [2.75, 3.05) is 6.61 Å². The summed E-state index contributed by atoms with van der Waals surface area (Å²) in [6.45, 7) is 5.86. The first kappa shape index (κ1) is 24.6. The Balaban J connectivity index is 1.94. The Kier molecular flexibility index (Phi) is 8.33. The van der Waals surface area contributed by atoms with Crippen LogP contribution in [0, 0.1) is 5.92 Å². The predicted molar refractivity (Wildman–Crippen MR) is 127 cm³/mol. The van der Waals surface area contributed by atoms with Gasteiger partial charge in [-0.2, -0.15) is 0 Å². The van der Waals surface area contributed by atoms with Crippen LogP contribution in [0.4, 0.5) is 0 Å². The van der Waals surface area contributed by atoms with E-state index in [2.05, 4.69) is 16.0 Å². The van der Waals surface area contributed by atoms with Crippen molar-refractivity contribution in [3.05, 3.63) is 64.7 Å². The molecule has 0 saturated carbocycles. The molecule has 0 saturated heterocycles. The number of ether oxygens (including phenoxy) is 1. The number of hydrogen-bond acceptors (Lipinski definition) is 4. The van der Waals surface area contributed by atoms with Gasteiger partial charge in [0.15, 0.2) is 0 Å². The minimum atomic E-state index is -0.815. The van der Waals surface area contributed by atoms with Gasteiger partial charge in [0.1, 0.15) is 24.4 Å². The number of hydrogen-bond donors (Lipinski definition) is 3. The molecule has 2 aromatic carbocycles. The van der Waals surface area contributed by atoms with Crippen LogP contribution in [-0.4, -0.2) is 42.5 Å². The molecule has 1 aliphatic rings. The normalized spacial score (nSPS) is 22.0. The van der Waals surface area contributed by atoms with E-state index in [1.54, 1.807) is 25.1 Å². The molecule has 3 atom stereocenters. The molecule has 33 heavy (non-hydrogen) atoms. The van der Waals surface area contributed by atoms with E-state index < -0.39 is 23.9 Å². The maximum atomic E-state index is 13.2. The summed E-state index contributed by atoms with van der Waals surface area (Å²) >= 11 is 6.11. The van der Waals surface area contributed by atoms with Crippen molar-refractivity contribution in [1.29, 1.82) is 0 Å². The Hall–Kier alpha value is -3.06. The molecule has 0 bridgehead atoms. The second-order valence-electron chi connectivity index (χ2n) is 8.77. The van der Waals surface area contributed by atoms with Gasteiger partial charge in [0.05, 0.1) is 11.6 Å². The van der Waals surface area contributed by atoms with Crippen LogP contribution in [0.2, 0.25) is 5.02 Å². The van der Waals surface area contributed by atoms with Crippen molar-refractivity contribution < 1.29 is 19.1 Å². The molecule has 176 valence electrons. The third-order valence-corrected chi connectivity index (χ3v) is 5.55. The van der Waals surface area contributed by atoms with Crippen molar-refractivity contribution in [2.45, 2.75) is 51.7 Å². The van der Waals surface area contributed by atoms with Crippen molar-refractivity contribution in [3.63, 3.8) is 0 Å². The van der Waals surface area contributed by atoms with E-state index in [0.717, 1.165) is 5.56 Å². The van der Waals surface area contributed by atoms with E-state index in [4.69, 9.17) is 16.3 Å². The van der Waals surface area contributed by atoms with E-state index in [0.29, 0.717) is 23.6 Å². The summed E-state index contributed by atoms with van der Waals surface area (Å²) in [5.41, 5.74) is 1.19. The highest BCUT2D eigenvalue weighted by molar-refractivity contribution is 6.30. The number of fused-ring (bicyclic) bond motifs is 1. The molecule has 0 fully saturated rings. The fourth-order valence-corrected chi connectivity index (χ4v) is 3.84. The number of nitrogens with one attached hydrogen (secondary N) is 3. The lowest BCUT2D eigenvalue weighted by molar-refractivity contribution is -0.130. The molecule has 0 aliphatic carbocycles. The van der Waals surface area contributed by atoms with Crippen LogP contribution in [0.1, 0.15) is 43.1 Å². The third kappa shape index (κ3) is 6.96. The molecule has 0 spiro atoms. The van der Waals surface area contributed by atoms with E-state index >= 15 is 0 Å². The van der Waals surface area contributed by atoms with Gasteiger partial charge in [-0.1, -0.05) is 55.8 Å². The first-order valence-corrected chi connectivity index (χ1v) is 11.5. The van der Waals surface area contributed by atoms with Gasteiger partial charge in [0.25, 0.3) is 5.91 Å². The average Bonchev–Trinajstić information content (AvgIpc) is 2.76. The Morgan fingerprint density at radius 2 is 1.67 bits per heavy atom. The van der Waals surface area contributed by atoms with Gasteiger partial charge in [-0.25, -0.2) is 0 Å². The van der Waals surface area contributed by atoms with Gasteiger partial charge < -0.3 is 20.7 Å². The summed E-state index contributed by atoms with van der Waals surface area (Å²) in [4.78, 5) is 39.4. The number of halogens is 1. The molecule has 2 aromatic rings. The summed E-state index contributed by atoms with van der Waals surface area (Å²) in [6.07, 6.45) is 0.738. The zero-order valence-corrected chi connectivity index (χ0v) is 19.8. The molecule has 0 radical (unpaired) electrons. The van der Waals surface area contributed by atoms with Gasteiger partial charge >= 0.3 is 0 Å². The third-order valence-electron chi connectivity index (χ3n) is 5.31. The van der Waals surface area contributed by atoms with Crippen LogP contribution < -0.4 is 20.7 Å². The fourth-order valence-electron chi connectivity index (χ4n) is 3.67. The van der Waals surface area contributed by atoms with Crippen molar-refractivity contribution in [1.82, 2.24) is 16.0 Å². The smallest absolute Gasteiger partial charge is 0.255 e. The number of benzene rings is 2. The van der Waals surface area contributed by atoms with Crippen LogP contribution in [0.5, 0.6) is 5.75 Å². The van der Waals surface area contributed by atoms with Crippen LogP contribution in [0.25, 0.3) is 0 Å². The van der Waals surface area contributed by atoms with Gasteiger partial charge in [-0.3, -0.25) is 14.4 Å². The summed E-state index contributed by atoms with van der Waals surface area (Å²) in [5, 5.41) is 8.99. The van der Waals surface area contributed by atoms with Crippen molar-refractivity contribution in [2.24, 2.45) is 5.92 Å². The Bertz CT molecular complexity index is 996. The quantitative estimate of drug-likeness (QED) is 0.638. The van der Waals surface area contributed by atoms with Crippen LogP contribution in [0.3, 0.4) is 0 Å². The van der Waals surface area contributed by atoms with Gasteiger partial charge in [0, 0.05) is 11.4 Å². The van der Waals surface area contributed by atoms with Crippen LogP contribution in [-0.2, 0) is 16.0 Å². The highest BCUT2D eigenvalue weighted by Crippen LogP contribution is 2.24. The summed E-state index contributed by atoms with van der Waals surface area (Å²) in [6, 6.07) is 12.2. The summed E-state index contributed by atoms with van der Waals surface area (Å²) in [5.74, 6) is -0.725. The van der Waals surface area contributed by atoms with Crippen molar-refractivity contribution >= 4 is 29.3 Å². The SMILES string of the molecule is CC(C)C[C@@H]1NC(=O)c2ccc(Cl)cc2OC[C@H](C)NC(=O)[C@H](Cc2ccccc2)NC1=O. The van der Waals surface area contributed by atoms with E-state index in [1.807, 2.05) is 44.2 Å². The van der Waals surface area contributed by atoms with Crippen LogP contribution in [0.15, 0.2) is 48.5 Å². The molecule has 3 amide bonds. The lowest BCUT2D eigenvalue weighted by Crippen LogP contribution is -2.55. The van der Waals surface area contributed by atoms with Crippen LogP contribution >= 0.6 is 11.6 Å². The lowest BCUT2D eigenvalue weighted by Gasteiger charge is -2.25. The molecule has 7 nitrogen and oxygen atoms in total. The monoisotopic (exact) mass is 471 g/mol. The standard InChI is InChI=1S/C25H30ClN3O4/c1-15(2)11-20-25(32)29-21(12-17-7-5-4-6-8-17)24(31)27-16(3)14-33-22-13-18(26)9-10-19(22)23(30)28-20/h4-10,13,15-16,20-21H,11-12,14H2,1-3H3,(H,27,31)(H,28,30)(H,29,32)/t16-,20-,21-/m0/s1. The van der Waals surface area contributed by atoms with E-state index in [1.165, 1.54) is 0 Å². The summed E-state index contributed by atoms with van der Waals surface area (Å²) < 4.78 is 5.84. The number of carbonyl (C=O) groups is 3. The van der Waals surface area contributed by atoms with E-state index in [-0.39, 0.29) is 30.0 Å². The molecule has 0 unspecified atom stereocenters. The Morgan fingerprint density at radius 3 is 2.36 bits per heavy atom. The molecule has 1 aliphatic heterocycles. The minimum Gasteiger partial charge on any atom is -0.491 e. The van der Waals surface area contributed by atoms with Crippen molar-refractivity contribution in [3.8, 4) is 5.75 Å². The molecular weight excluding hydrogens is 442 g/mol. The molecule has 8 heteroatoms. The molecule has 0 aromatic heterocycles. The topological polar surface area (TPSA) is 96.5 Å². The minimum absolute atomic E-state index is 0.133. The first-order valence-electron chi connectivity index (χ1n) is 11.1. The number of carbonyl (C=O) groups excluding carboxylic acids is 3. The number of amides is 3. The van der Waals surface area contributed by atoms with E-state index in [9.17, 15) is 14.4 Å². The molecule has 1 heterocycles. The largest absolute Gasteiger partial charge is 0.491 e. The second kappa shape index (κ2) is 11.2. The lowest BCUT2D eigenvalue weighted by atomic mass is 10.0. The highest BCUT2D eigenvalue weighted by atomic mass is 35.5. The fraction of sp³-hybridized carbons (Fsp3) is 0.400. The molecule has 3 rings (SSSR count). The number of rotatable bonds is 4. The highest BCUT2D eigenvalue weighted by Gasteiger charge is 2.30. The first-order chi connectivity index (χ1) is 15.7.